The summed E-state index contributed by atoms with van der Waals surface area (Å²) in [5, 5.41) is 16.1. The molecule has 5 heteroatoms. The molecule has 1 fully saturated rings. The van der Waals surface area contributed by atoms with Gasteiger partial charge in [-0.3, -0.25) is 4.79 Å². The van der Waals surface area contributed by atoms with Crippen LogP contribution in [0.1, 0.15) is 25.3 Å². The van der Waals surface area contributed by atoms with Crippen molar-refractivity contribution in [3.05, 3.63) is 22.2 Å². The van der Waals surface area contributed by atoms with Crippen molar-refractivity contribution in [3.8, 4) is 5.75 Å². The third-order valence-electron chi connectivity index (χ3n) is 3.43. The van der Waals surface area contributed by atoms with Gasteiger partial charge in [-0.1, -0.05) is 15.9 Å². The van der Waals surface area contributed by atoms with Crippen LogP contribution < -0.4 is 10.6 Å². The predicted molar refractivity (Wildman–Crippen MR) is 79.4 cm³/mol. The summed E-state index contributed by atoms with van der Waals surface area (Å²) in [6, 6.07) is 3.42. The zero-order chi connectivity index (χ0) is 13.8. The molecule has 1 saturated heterocycles. The SMILES string of the molecule is CC(=O)Nc1c(O)ccc(Br)c1CC1CCCNC1. The molecule has 0 spiro atoms. The molecule has 2 rings (SSSR count). The van der Waals surface area contributed by atoms with E-state index in [9.17, 15) is 9.90 Å². The Balaban J connectivity index is 2.25. The Kier molecular flexibility index (Phi) is 4.82. The van der Waals surface area contributed by atoms with E-state index in [0.29, 0.717) is 11.6 Å². The lowest BCUT2D eigenvalue weighted by molar-refractivity contribution is -0.114. The highest BCUT2D eigenvalue weighted by atomic mass is 79.9. The molecule has 19 heavy (non-hydrogen) atoms. The number of rotatable bonds is 3. The number of nitrogens with one attached hydrogen (secondary N) is 2. The van der Waals surface area contributed by atoms with Crippen molar-refractivity contribution in [1.29, 1.82) is 0 Å². The van der Waals surface area contributed by atoms with Gasteiger partial charge in [0.15, 0.2) is 0 Å². The fourth-order valence-corrected chi connectivity index (χ4v) is 3.00. The quantitative estimate of drug-likeness (QED) is 0.748. The second kappa shape index (κ2) is 6.39. The number of phenols is 1. The average molecular weight is 327 g/mol. The Bertz CT molecular complexity index is 471. The summed E-state index contributed by atoms with van der Waals surface area (Å²) in [6.45, 7) is 3.52. The lowest BCUT2D eigenvalue weighted by Gasteiger charge is -2.24. The van der Waals surface area contributed by atoms with Gasteiger partial charge in [-0.25, -0.2) is 0 Å². The van der Waals surface area contributed by atoms with Crippen molar-refractivity contribution in [2.45, 2.75) is 26.2 Å². The van der Waals surface area contributed by atoms with Crippen LogP contribution >= 0.6 is 15.9 Å². The number of amides is 1. The van der Waals surface area contributed by atoms with Crippen LogP contribution in [0.5, 0.6) is 5.75 Å². The minimum atomic E-state index is -0.170. The summed E-state index contributed by atoms with van der Waals surface area (Å²) in [5.41, 5.74) is 1.51. The second-order valence-electron chi connectivity index (χ2n) is 5.02. The largest absolute Gasteiger partial charge is 0.506 e. The number of anilines is 1. The van der Waals surface area contributed by atoms with Crippen molar-refractivity contribution < 1.29 is 9.90 Å². The Hall–Kier alpha value is -1.07. The van der Waals surface area contributed by atoms with Gasteiger partial charge in [0, 0.05) is 11.4 Å². The third kappa shape index (κ3) is 3.70. The first kappa shape index (κ1) is 14.3. The van der Waals surface area contributed by atoms with Crippen LogP contribution in [-0.4, -0.2) is 24.1 Å². The van der Waals surface area contributed by atoms with Crippen LogP contribution in [0.3, 0.4) is 0 Å². The number of benzene rings is 1. The molecule has 0 aromatic heterocycles. The molecule has 0 bridgehead atoms. The Morgan fingerprint density at radius 1 is 1.58 bits per heavy atom. The number of halogens is 1. The molecule has 0 saturated carbocycles. The second-order valence-corrected chi connectivity index (χ2v) is 5.87. The van der Waals surface area contributed by atoms with E-state index >= 15 is 0 Å². The summed E-state index contributed by atoms with van der Waals surface area (Å²) in [5.74, 6) is 0.493. The van der Waals surface area contributed by atoms with Crippen molar-refractivity contribution in [3.63, 3.8) is 0 Å². The molecule has 1 atom stereocenters. The number of aromatic hydroxyl groups is 1. The zero-order valence-corrected chi connectivity index (χ0v) is 12.6. The molecule has 1 aliphatic heterocycles. The fourth-order valence-electron chi connectivity index (χ4n) is 2.51. The Morgan fingerprint density at radius 3 is 3.00 bits per heavy atom. The summed E-state index contributed by atoms with van der Waals surface area (Å²) in [4.78, 5) is 11.3. The molecule has 1 amide bonds. The van der Waals surface area contributed by atoms with Crippen LogP contribution in [0, 0.1) is 5.92 Å². The van der Waals surface area contributed by atoms with Gasteiger partial charge in [-0.2, -0.15) is 0 Å². The summed E-state index contributed by atoms with van der Waals surface area (Å²) in [7, 11) is 0. The maximum absolute atomic E-state index is 11.3. The molecule has 1 heterocycles. The van der Waals surface area contributed by atoms with Gasteiger partial charge >= 0.3 is 0 Å². The van der Waals surface area contributed by atoms with Crippen molar-refractivity contribution in [1.82, 2.24) is 5.32 Å². The van der Waals surface area contributed by atoms with Gasteiger partial charge < -0.3 is 15.7 Å². The van der Waals surface area contributed by atoms with Gasteiger partial charge in [0.25, 0.3) is 0 Å². The van der Waals surface area contributed by atoms with E-state index in [1.54, 1.807) is 6.07 Å². The average Bonchev–Trinajstić information content (AvgIpc) is 2.39. The molecule has 1 aromatic rings. The fraction of sp³-hybridized carbons (Fsp3) is 0.500. The summed E-state index contributed by atoms with van der Waals surface area (Å²) in [6.07, 6.45) is 3.20. The minimum Gasteiger partial charge on any atom is -0.506 e. The number of carbonyl (C=O) groups excluding carboxylic acids is 1. The first-order valence-electron chi connectivity index (χ1n) is 6.56. The van der Waals surface area contributed by atoms with Crippen molar-refractivity contribution in [2.24, 2.45) is 5.92 Å². The molecule has 1 unspecified atom stereocenters. The van der Waals surface area contributed by atoms with E-state index in [1.807, 2.05) is 6.07 Å². The third-order valence-corrected chi connectivity index (χ3v) is 4.17. The van der Waals surface area contributed by atoms with Gasteiger partial charge in [0.1, 0.15) is 5.75 Å². The number of carbonyl (C=O) groups is 1. The molecular formula is C14H19BrN2O2. The molecule has 3 N–H and O–H groups in total. The Labute approximate surface area is 121 Å². The topological polar surface area (TPSA) is 61.4 Å². The normalized spacial score (nSPS) is 19.2. The number of phenolic OH excluding ortho intramolecular Hbond substituents is 1. The molecule has 1 aliphatic rings. The first-order valence-corrected chi connectivity index (χ1v) is 7.36. The van der Waals surface area contributed by atoms with E-state index in [2.05, 4.69) is 26.6 Å². The maximum Gasteiger partial charge on any atom is 0.221 e. The zero-order valence-electron chi connectivity index (χ0n) is 11.0. The van der Waals surface area contributed by atoms with Gasteiger partial charge in [-0.15, -0.1) is 0 Å². The molecule has 1 aromatic carbocycles. The standard InChI is InChI=1S/C14H19BrN2O2/c1-9(18)17-14-11(12(15)4-5-13(14)19)7-10-3-2-6-16-8-10/h4-5,10,16,19H,2-3,6-8H2,1H3,(H,17,18). The maximum atomic E-state index is 11.3. The monoisotopic (exact) mass is 326 g/mol. The summed E-state index contributed by atoms with van der Waals surface area (Å²) >= 11 is 3.52. The molecule has 4 nitrogen and oxygen atoms in total. The highest BCUT2D eigenvalue weighted by Crippen LogP contribution is 2.35. The van der Waals surface area contributed by atoms with Crippen LogP contribution in [0.25, 0.3) is 0 Å². The number of piperidine rings is 1. The van der Waals surface area contributed by atoms with Gasteiger partial charge in [0.05, 0.1) is 5.69 Å². The van der Waals surface area contributed by atoms with E-state index < -0.39 is 0 Å². The highest BCUT2D eigenvalue weighted by molar-refractivity contribution is 9.10. The molecule has 0 aliphatic carbocycles. The Morgan fingerprint density at radius 2 is 2.37 bits per heavy atom. The first-order chi connectivity index (χ1) is 9.08. The van der Waals surface area contributed by atoms with Gasteiger partial charge in [0.2, 0.25) is 5.91 Å². The van der Waals surface area contributed by atoms with E-state index in [4.69, 9.17) is 0 Å². The number of hydrogen-bond acceptors (Lipinski definition) is 3. The van der Waals surface area contributed by atoms with Crippen LogP contribution in [0.4, 0.5) is 5.69 Å². The van der Waals surface area contributed by atoms with Crippen LogP contribution in [0.15, 0.2) is 16.6 Å². The smallest absolute Gasteiger partial charge is 0.221 e. The van der Waals surface area contributed by atoms with Crippen molar-refractivity contribution >= 4 is 27.5 Å². The van der Waals surface area contributed by atoms with E-state index in [-0.39, 0.29) is 11.7 Å². The predicted octanol–water partition coefficient (Wildman–Crippen LogP) is 2.66. The van der Waals surface area contributed by atoms with Gasteiger partial charge in [-0.05, 0) is 56.0 Å². The van der Waals surface area contributed by atoms with E-state index in [1.165, 1.54) is 19.8 Å². The highest BCUT2D eigenvalue weighted by Gasteiger charge is 2.19. The van der Waals surface area contributed by atoms with Crippen LogP contribution in [0.2, 0.25) is 0 Å². The van der Waals surface area contributed by atoms with Crippen LogP contribution in [-0.2, 0) is 11.2 Å². The number of hydrogen-bond donors (Lipinski definition) is 3. The lowest BCUT2D eigenvalue weighted by atomic mass is 9.91. The summed E-state index contributed by atoms with van der Waals surface area (Å²) < 4.78 is 0.930. The lowest BCUT2D eigenvalue weighted by Crippen LogP contribution is -2.31. The van der Waals surface area contributed by atoms with Crippen molar-refractivity contribution in [2.75, 3.05) is 18.4 Å². The molecule has 0 radical (unpaired) electrons. The molecular weight excluding hydrogens is 308 g/mol. The van der Waals surface area contributed by atoms with E-state index in [0.717, 1.165) is 29.5 Å². The minimum absolute atomic E-state index is 0.122. The molecule has 104 valence electrons.